The van der Waals surface area contributed by atoms with Crippen molar-refractivity contribution in [1.29, 1.82) is 5.26 Å². The van der Waals surface area contributed by atoms with E-state index < -0.39 is 0 Å². The van der Waals surface area contributed by atoms with Crippen LogP contribution < -0.4 is 4.74 Å². The zero-order valence-corrected chi connectivity index (χ0v) is 16.1. The minimum atomic E-state index is -0.0836. The van der Waals surface area contributed by atoms with Crippen LogP contribution in [0, 0.1) is 11.3 Å². The molecule has 0 unspecified atom stereocenters. The number of carbonyl (C=O) groups is 1. The minimum absolute atomic E-state index is 0.0836. The van der Waals surface area contributed by atoms with Crippen molar-refractivity contribution >= 4 is 22.9 Å². The molecule has 1 aromatic heterocycles. The third-order valence-electron chi connectivity index (χ3n) is 4.67. The van der Waals surface area contributed by atoms with Crippen molar-refractivity contribution in [2.45, 2.75) is 19.5 Å². The Hall–Kier alpha value is -3.52. The van der Waals surface area contributed by atoms with Crippen LogP contribution in [0.15, 0.2) is 60.8 Å². The molecule has 0 N–H and O–H groups in total. The summed E-state index contributed by atoms with van der Waals surface area (Å²) in [4.78, 5) is 14.2. The van der Waals surface area contributed by atoms with E-state index in [-0.39, 0.29) is 5.91 Å². The highest BCUT2D eigenvalue weighted by molar-refractivity contribution is 5.96. The number of hydrogen-bond acceptors (Lipinski definition) is 3. The number of aryl methyl sites for hydroxylation is 1. The van der Waals surface area contributed by atoms with Gasteiger partial charge in [0.25, 0.3) is 0 Å². The lowest BCUT2D eigenvalue weighted by Gasteiger charge is -2.17. The fourth-order valence-corrected chi connectivity index (χ4v) is 3.22. The Morgan fingerprint density at radius 2 is 1.96 bits per heavy atom. The fourth-order valence-electron chi connectivity index (χ4n) is 3.22. The largest absolute Gasteiger partial charge is 0.496 e. The van der Waals surface area contributed by atoms with Gasteiger partial charge in [0.15, 0.2) is 0 Å². The van der Waals surface area contributed by atoms with Gasteiger partial charge in [-0.05, 0) is 18.2 Å². The zero-order chi connectivity index (χ0) is 19.9. The lowest BCUT2D eigenvalue weighted by Crippen LogP contribution is -2.24. The molecule has 0 atom stereocenters. The highest BCUT2D eigenvalue weighted by Crippen LogP contribution is 2.23. The number of para-hydroxylation sites is 2. The van der Waals surface area contributed by atoms with Gasteiger partial charge in [0, 0.05) is 54.4 Å². The number of rotatable bonds is 7. The Labute approximate surface area is 165 Å². The molecule has 0 aliphatic rings. The molecule has 2 aromatic carbocycles. The number of methoxy groups -OCH3 is 1. The summed E-state index contributed by atoms with van der Waals surface area (Å²) >= 11 is 0. The van der Waals surface area contributed by atoms with Crippen molar-refractivity contribution in [1.82, 2.24) is 9.47 Å². The van der Waals surface area contributed by atoms with E-state index in [4.69, 9.17) is 10.00 Å². The Kier molecular flexibility index (Phi) is 6.13. The molecule has 5 nitrogen and oxygen atoms in total. The van der Waals surface area contributed by atoms with Crippen molar-refractivity contribution < 1.29 is 9.53 Å². The quantitative estimate of drug-likeness (QED) is 0.582. The van der Waals surface area contributed by atoms with Gasteiger partial charge in [-0.2, -0.15) is 5.26 Å². The molecule has 28 heavy (non-hydrogen) atoms. The molecule has 3 rings (SSSR count). The van der Waals surface area contributed by atoms with Gasteiger partial charge >= 0.3 is 0 Å². The van der Waals surface area contributed by atoms with Crippen LogP contribution in [0.1, 0.15) is 17.5 Å². The molecule has 0 saturated carbocycles. The monoisotopic (exact) mass is 373 g/mol. The maximum absolute atomic E-state index is 12.6. The molecule has 0 spiro atoms. The van der Waals surface area contributed by atoms with Crippen molar-refractivity contribution in [2.75, 3.05) is 14.2 Å². The minimum Gasteiger partial charge on any atom is -0.496 e. The number of ether oxygens (including phenoxy) is 1. The predicted molar refractivity (Wildman–Crippen MR) is 111 cm³/mol. The highest BCUT2D eigenvalue weighted by atomic mass is 16.5. The van der Waals surface area contributed by atoms with Crippen LogP contribution in [-0.4, -0.2) is 29.5 Å². The van der Waals surface area contributed by atoms with Crippen molar-refractivity contribution in [3.63, 3.8) is 0 Å². The number of fused-ring (bicyclic) bond motifs is 1. The SMILES string of the molecule is COc1ccccc1CN(C)C(=O)C=Cc1cn(CCC#N)c2ccccc12. The van der Waals surface area contributed by atoms with Crippen LogP contribution in [0.3, 0.4) is 0 Å². The van der Waals surface area contributed by atoms with Gasteiger partial charge in [0.05, 0.1) is 19.6 Å². The number of amides is 1. The molecule has 0 aliphatic carbocycles. The first kappa shape index (κ1) is 19.2. The molecule has 142 valence electrons. The molecule has 0 radical (unpaired) electrons. The van der Waals surface area contributed by atoms with Crippen molar-refractivity contribution in [2.24, 2.45) is 0 Å². The van der Waals surface area contributed by atoms with E-state index in [2.05, 4.69) is 10.6 Å². The molecule has 1 amide bonds. The van der Waals surface area contributed by atoms with E-state index in [9.17, 15) is 4.79 Å². The smallest absolute Gasteiger partial charge is 0.246 e. The van der Waals surface area contributed by atoms with Gasteiger partial charge in [-0.15, -0.1) is 0 Å². The van der Waals surface area contributed by atoms with Crippen LogP contribution in [-0.2, 0) is 17.9 Å². The first-order valence-electron chi connectivity index (χ1n) is 9.14. The van der Waals surface area contributed by atoms with Gasteiger partial charge in [0.2, 0.25) is 5.91 Å². The average Bonchev–Trinajstić information content (AvgIpc) is 3.08. The molecular weight excluding hydrogens is 350 g/mol. The standard InChI is InChI=1S/C23H23N3O2/c1-25(16-19-8-3-6-11-22(19)28-2)23(27)13-12-18-17-26(15-7-14-24)21-10-5-4-9-20(18)21/h3-6,8-13,17H,7,15-16H2,1-2H3. The van der Waals surface area contributed by atoms with Crippen LogP contribution in [0.5, 0.6) is 5.75 Å². The van der Waals surface area contributed by atoms with E-state index in [1.807, 2.05) is 60.8 Å². The third-order valence-corrected chi connectivity index (χ3v) is 4.67. The molecule has 5 heteroatoms. The Balaban J connectivity index is 1.77. The van der Waals surface area contributed by atoms with Crippen LogP contribution in [0.25, 0.3) is 17.0 Å². The van der Waals surface area contributed by atoms with Gasteiger partial charge in [-0.25, -0.2) is 0 Å². The number of aromatic nitrogens is 1. The second-order valence-electron chi connectivity index (χ2n) is 6.54. The van der Waals surface area contributed by atoms with E-state index in [0.29, 0.717) is 19.5 Å². The lowest BCUT2D eigenvalue weighted by molar-refractivity contribution is -0.125. The van der Waals surface area contributed by atoms with Gasteiger partial charge < -0.3 is 14.2 Å². The van der Waals surface area contributed by atoms with E-state index in [1.165, 1.54) is 0 Å². The molecule has 0 aliphatic heterocycles. The maximum atomic E-state index is 12.6. The fraction of sp³-hybridized carbons (Fsp3) is 0.217. The van der Waals surface area contributed by atoms with Crippen LogP contribution in [0.2, 0.25) is 0 Å². The number of nitrogens with zero attached hydrogens (tertiary/aromatic N) is 3. The van der Waals surface area contributed by atoms with E-state index in [1.54, 1.807) is 25.1 Å². The number of hydrogen-bond donors (Lipinski definition) is 0. The summed E-state index contributed by atoms with van der Waals surface area (Å²) in [5, 5.41) is 9.93. The van der Waals surface area contributed by atoms with Crippen LogP contribution in [0.4, 0.5) is 0 Å². The summed E-state index contributed by atoms with van der Waals surface area (Å²) in [6, 6.07) is 17.9. The predicted octanol–water partition coefficient (Wildman–Crippen LogP) is 4.24. The molecule has 3 aromatic rings. The Morgan fingerprint density at radius 3 is 2.75 bits per heavy atom. The number of carbonyl (C=O) groups excluding carboxylic acids is 1. The maximum Gasteiger partial charge on any atom is 0.246 e. The number of benzene rings is 2. The molecule has 1 heterocycles. The molecule has 0 fully saturated rings. The van der Waals surface area contributed by atoms with Crippen molar-refractivity contribution in [3.8, 4) is 11.8 Å². The lowest BCUT2D eigenvalue weighted by atomic mass is 10.1. The van der Waals surface area contributed by atoms with Crippen molar-refractivity contribution in [3.05, 3.63) is 71.9 Å². The Bertz CT molecular complexity index is 1040. The summed E-state index contributed by atoms with van der Waals surface area (Å²) in [6.07, 6.45) is 5.87. The first-order chi connectivity index (χ1) is 13.6. The second kappa shape index (κ2) is 8.92. The van der Waals surface area contributed by atoms with E-state index in [0.717, 1.165) is 27.8 Å². The average molecular weight is 373 g/mol. The summed E-state index contributed by atoms with van der Waals surface area (Å²) in [5.74, 6) is 0.687. The number of nitriles is 1. The normalized spacial score (nSPS) is 10.9. The second-order valence-corrected chi connectivity index (χ2v) is 6.54. The summed E-state index contributed by atoms with van der Waals surface area (Å²) in [5.41, 5.74) is 2.99. The zero-order valence-electron chi connectivity index (χ0n) is 16.1. The van der Waals surface area contributed by atoms with Gasteiger partial charge in [0.1, 0.15) is 5.75 Å². The van der Waals surface area contributed by atoms with E-state index >= 15 is 0 Å². The first-order valence-corrected chi connectivity index (χ1v) is 9.14. The summed E-state index contributed by atoms with van der Waals surface area (Å²) in [6.45, 7) is 1.10. The van der Waals surface area contributed by atoms with Crippen LogP contribution >= 0.6 is 0 Å². The topological polar surface area (TPSA) is 58.3 Å². The molecule has 0 bridgehead atoms. The number of likely N-dealkylation sites (N-methyl/N-ethyl adjacent to an activating group) is 1. The van der Waals surface area contributed by atoms with Gasteiger partial charge in [-0.3, -0.25) is 4.79 Å². The molecule has 0 saturated heterocycles. The highest BCUT2D eigenvalue weighted by Gasteiger charge is 2.10. The third kappa shape index (κ3) is 4.24. The summed E-state index contributed by atoms with van der Waals surface area (Å²) in [7, 11) is 3.40. The summed E-state index contributed by atoms with van der Waals surface area (Å²) < 4.78 is 7.41. The Morgan fingerprint density at radius 1 is 1.21 bits per heavy atom. The molecular formula is C23H23N3O2. The van der Waals surface area contributed by atoms with Gasteiger partial charge in [-0.1, -0.05) is 36.4 Å².